The molecule has 26 heavy (non-hydrogen) atoms. The van der Waals surface area contributed by atoms with Gasteiger partial charge >= 0.3 is 0 Å². The lowest BCUT2D eigenvalue weighted by atomic mass is 10.0. The van der Waals surface area contributed by atoms with Crippen LogP contribution in [0.5, 0.6) is 0 Å². The van der Waals surface area contributed by atoms with Crippen LogP contribution in [0.1, 0.15) is 16.8 Å². The summed E-state index contributed by atoms with van der Waals surface area (Å²) in [7, 11) is -1.74. The van der Waals surface area contributed by atoms with Gasteiger partial charge in [-0.15, -0.1) is 5.10 Å². The first-order valence-corrected chi connectivity index (χ1v) is 9.72. The van der Waals surface area contributed by atoms with E-state index in [9.17, 15) is 8.42 Å². The number of rotatable bonds is 6. The van der Waals surface area contributed by atoms with Crippen LogP contribution in [0.2, 0.25) is 0 Å². The first-order valence-electron chi connectivity index (χ1n) is 8.24. The topological polar surface area (TPSA) is 94.7 Å². The third-order valence-electron chi connectivity index (χ3n) is 4.19. The van der Waals surface area contributed by atoms with Gasteiger partial charge in [0.15, 0.2) is 0 Å². The molecule has 138 valence electrons. The van der Waals surface area contributed by atoms with Gasteiger partial charge < -0.3 is 0 Å². The van der Waals surface area contributed by atoms with Gasteiger partial charge in [-0.25, -0.2) is 13.1 Å². The molecule has 0 atom stereocenters. The molecule has 0 unspecified atom stereocenters. The Hall–Kier alpha value is -2.52. The zero-order chi connectivity index (χ0) is 18.9. The van der Waals surface area contributed by atoms with E-state index in [1.54, 1.807) is 34.7 Å². The van der Waals surface area contributed by atoms with Gasteiger partial charge in [-0.2, -0.15) is 5.10 Å². The maximum atomic E-state index is 12.7. The van der Waals surface area contributed by atoms with E-state index >= 15 is 0 Å². The number of sulfonamides is 1. The van der Waals surface area contributed by atoms with Crippen LogP contribution in [0.4, 0.5) is 0 Å². The van der Waals surface area contributed by atoms with Crippen molar-refractivity contribution in [1.82, 2.24) is 29.5 Å². The standard InChI is InChI=1S/C17H22N6O2S/c1-12-10-17(13(2)9-15(12)16-5-6-18-22(16)4)26(24,25)19-7-8-23-11-14(3)20-21-23/h5-6,9-11,19H,7-8H2,1-4H3. The van der Waals surface area contributed by atoms with Crippen molar-refractivity contribution in [3.63, 3.8) is 0 Å². The van der Waals surface area contributed by atoms with Gasteiger partial charge in [0.25, 0.3) is 0 Å². The highest BCUT2D eigenvalue weighted by atomic mass is 32.2. The van der Waals surface area contributed by atoms with Gasteiger partial charge in [0.05, 0.1) is 22.8 Å². The monoisotopic (exact) mass is 374 g/mol. The molecule has 0 radical (unpaired) electrons. The zero-order valence-corrected chi connectivity index (χ0v) is 16.1. The molecule has 0 saturated carbocycles. The van der Waals surface area contributed by atoms with Crippen molar-refractivity contribution < 1.29 is 8.42 Å². The Bertz CT molecular complexity index is 1040. The van der Waals surface area contributed by atoms with Crippen molar-refractivity contribution in [1.29, 1.82) is 0 Å². The molecule has 3 rings (SSSR count). The van der Waals surface area contributed by atoms with E-state index in [1.807, 2.05) is 33.0 Å². The van der Waals surface area contributed by atoms with Gasteiger partial charge in [0.1, 0.15) is 0 Å². The van der Waals surface area contributed by atoms with E-state index in [0.717, 1.165) is 22.5 Å². The second-order valence-corrected chi connectivity index (χ2v) is 8.03. The summed E-state index contributed by atoms with van der Waals surface area (Å²) in [6.45, 7) is 6.20. The lowest BCUT2D eigenvalue weighted by Gasteiger charge is -2.14. The zero-order valence-electron chi connectivity index (χ0n) is 15.3. The summed E-state index contributed by atoms with van der Waals surface area (Å²) in [4.78, 5) is 0.288. The van der Waals surface area contributed by atoms with Crippen LogP contribution in [0.25, 0.3) is 11.3 Å². The molecule has 9 heteroatoms. The smallest absolute Gasteiger partial charge is 0.240 e. The minimum Gasteiger partial charge on any atom is -0.268 e. The largest absolute Gasteiger partial charge is 0.268 e. The van der Waals surface area contributed by atoms with Crippen LogP contribution in [0, 0.1) is 20.8 Å². The minimum absolute atomic E-state index is 0.243. The highest BCUT2D eigenvalue weighted by molar-refractivity contribution is 7.89. The third-order valence-corrected chi connectivity index (χ3v) is 5.80. The fourth-order valence-electron chi connectivity index (χ4n) is 2.87. The molecule has 0 aliphatic heterocycles. The van der Waals surface area contributed by atoms with Crippen LogP contribution < -0.4 is 4.72 Å². The molecule has 8 nitrogen and oxygen atoms in total. The number of aromatic nitrogens is 5. The summed E-state index contributed by atoms with van der Waals surface area (Å²) < 4.78 is 31.4. The Labute approximate surface area is 152 Å². The molecule has 0 fully saturated rings. The van der Waals surface area contributed by atoms with E-state index in [-0.39, 0.29) is 11.4 Å². The van der Waals surface area contributed by atoms with E-state index in [4.69, 9.17) is 0 Å². The number of hydrogen-bond acceptors (Lipinski definition) is 5. The van der Waals surface area contributed by atoms with Crippen molar-refractivity contribution >= 4 is 10.0 Å². The highest BCUT2D eigenvalue weighted by Crippen LogP contribution is 2.28. The Morgan fingerprint density at radius 2 is 1.92 bits per heavy atom. The third kappa shape index (κ3) is 3.68. The molecular formula is C17H22N6O2S. The first kappa shape index (κ1) is 18.3. The van der Waals surface area contributed by atoms with Gasteiger partial charge in [-0.05, 0) is 50.1 Å². The molecule has 0 amide bonds. The predicted octanol–water partition coefficient (Wildman–Crippen LogP) is 1.58. The SMILES string of the molecule is Cc1cn(CCNS(=O)(=O)c2cc(C)c(-c3ccnn3C)cc2C)nn1. The lowest BCUT2D eigenvalue weighted by Crippen LogP contribution is -2.28. The van der Waals surface area contributed by atoms with Crippen LogP contribution in [-0.4, -0.2) is 39.7 Å². The van der Waals surface area contributed by atoms with Crippen LogP contribution in [0.15, 0.2) is 35.5 Å². The van der Waals surface area contributed by atoms with Crippen molar-refractivity contribution in [2.45, 2.75) is 32.2 Å². The molecule has 0 saturated heterocycles. The predicted molar refractivity (Wildman–Crippen MR) is 98.1 cm³/mol. The Balaban J connectivity index is 1.81. The number of benzene rings is 1. The fourth-order valence-corrected chi connectivity index (χ4v) is 4.20. The van der Waals surface area contributed by atoms with Gasteiger partial charge in [-0.3, -0.25) is 9.36 Å². The summed E-state index contributed by atoms with van der Waals surface area (Å²) in [6.07, 6.45) is 3.49. The fraction of sp³-hybridized carbons (Fsp3) is 0.353. The van der Waals surface area contributed by atoms with Gasteiger partial charge in [0, 0.05) is 31.5 Å². The quantitative estimate of drug-likeness (QED) is 0.707. The number of nitrogens with one attached hydrogen (secondary N) is 1. The molecule has 0 aliphatic carbocycles. The average Bonchev–Trinajstić information content (AvgIpc) is 3.17. The van der Waals surface area contributed by atoms with Crippen molar-refractivity contribution in [2.75, 3.05) is 6.54 Å². The molecule has 0 bridgehead atoms. The maximum Gasteiger partial charge on any atom is 0.240 e. The Morgan fingerprint density at radius 3 is 2.54 bits per heavy atom. The summed E-state index contributed by atoms with van der Waals surface area (Å²) in [5.41, 5.74) is 4.29. The van der Waals surface area contributed by atoms with Gasteiger partial charge in [-0.1, -0.05) is 5.21 Å². The summed E-state index contributed by atoms with van der Waals surface area (Å²) in [6, 6.07) is 5.51. The van der Waals surface area contributed by atoms with E-state index in [0.29, 0.717) is 12.1 Å². The number of nitrogens with zero attached hydrogens (tertiary/aromatic N) is 5. The average molecular weight is 374 g/mol. The molecule has 1 N–H and O–H groups in total. The van der Waals surface area contributed by atoms with Crippen molar-refractivity contribution in [2.24, 2.45) is 7.05 Å². The molecule has 3 aromatic rings. The van der Waals surface area contributed by atoms with Crippen molar-refractivity contribution in [3.05, 3.63) is 47.4 Å². The normalized spacial score (nSPS) is 11.8. The Morgan fingerprint density at radius 1 is 1.15 bits per heavy atom. The minimum atomic E-state index is -3.61. The molecule has 2 heterocycles. The molecule has 1 aromatic carbocycles. The second-order valence-electron chi connectivity index (χ2n) is 6.29. The van der Waals surface area contributed by atoms with Crippen LogP contribution in [-0.2, 0) is 23.6 Å². The number of hydrogen-bond donors (Lipinski definition) is 1. The molecular weight excluding hydrogens is 352 g/mol. The number of aryl methyl sites for hydroxylation is 4. The maximum absolute atomic E-state index is 12.7. The highest BCUT2D eigenvalue weighted by Gasteiger charge is 2.19. The summed E-state index contributed by atoms with van der Waals surface area (Å²) >= 11 is 0. The van der Waals surface area contributed by atoms with E-state index < -0.39 is 10.0 Å². The summed E-state index contributed by atoms with van der Waals surface area (Å²) in [5.74, 6) is 0. The van der Waals surface area contributed by atoms with E-state index in [2.05, 4.69) is 20.1 Å². The van der Waals surface area contributed by atoms with Crippen LogP contribution >= 0.6 is 0 Å². The van der Waals surface area contributed by atoms with E-state index in [1.165, 1.54) is 0 Å². The molecule has 0 spiro atoms. The van der Waals surface area contributed by atoms with Crippen LogP contribution in [0.3, 0.4) is 0 Å². The molecule has 0 aliphatic rings. The summed E-state index contributed by atoms with van der Waals surface area (Å²) in [5, 5.41) is 12.0. The Kier molecular flexibility index (Phi) is 4.92. The van der Waals surface area contributed by atoms with Gasteiger partial charge in [0.2, 0.25) is 10.0 Å². The molecule has 2 aromatic heterocycles. The lowest BCUT2D eigenvalue weighted by molar-refractivity contribution is 0.552. The first-order chi connectivity index (χ1) is 12.3. The second kappa shape index (κ2) is 7.00. The van der Waals surface area contributed by atoms with Crippen molar-refractivity contribution in [3.8, 4) is 11.3 Å².